The number of rotatable bonds is 6. The molecular weight excluding hydrogens is 262 g/mol. The number of amides is 1. The first-order valence-electron chi connectivity index (χ1n) is 8.05. The predicted octanol–water partition coefficient (Wildman–Crippen LogP) is 2.16. The zero-order valence-electron chi connectivity index (χ0n) is 13.0. The molecule has 0 N–H and O–H groups in total. The summed E-state index contributed by atoms with van der Waals surface area (Å²) in [5.74, 6) is 1.38. The van der Waals surface area contributed by atoms with Crippen LogP contribution in [0.15, 0.2) is 24.5 Å². The molecule has 21 heavy (non-hydrogen) atoms. The van der Waals surface area contributed by atoms with Crippen molar-refractivity contribution >= 4 is 5.91 Å². The summed E-state index contributed by atoms with van der Waals surface area (Å²) in [7, 11) is 0. The molecule has 1 saturated carbocycles. The maximum atomic E-state index is 12.0. The summed E-state index contributed by atoms with van der Waals surface area (Å²) in [5, 5.41) is 0. The molecule has 2 aliphatic rings. The average molecular weight is 287 g/mol. The quantitative estimate of drug-likeness (QED) is 0.804. The van der Waals surface area contributed by atoms with E-state index in [1.54, 1.807) is 0 Å². The summed E-state index contributed by atoms with van der Waals surface area (Å²) in [4.78, 5) is 20.7. The summed E-state index contributed by atoms with van der Waals surface area (Å²) in [5.41, 5.74) is 1.30. The van der Waals surface area contributed by atoms with E-state index in [-0.39, 0.29) is 0 Å². The van der Waals surface area contributed by atoms with Crippen molar-refractivity contribution in [1.82, 2.24) is 14.8 Å². The van der Waals surface area contributed by atoms with Gasteiger partial charge in [-0.2, -0.15) is 0 Å². The van der Waals surface area contributed by atoms with E-state index in [0.717, 1.165) is 39.0 Å². The van der Waals surface area contributed by atoms with Gasteiger partial charge in [-0.3, -0.25) is 14.7 Å². The Kier molecular flexibility index (Phi) is 4.24. The van der Waals surface area contributed by atoms with Crippen LogP contribution in [0, 0.1) is 11.8 Å². The fourth-order valence-electron chi connectivity index (χ4n) is 2.99. The van der Waals surface area contributed by atoms with Crippen LogP contribution in [0.25, 0.3) is 0 Å². The van der Waals surface area contributed by atoms with E-state index >= 15 is 0 Å². The molecule has 1 aliphatic carbocycles. The van der Waals surface area contributed by atoms with Crippen molar-refractivity contribution in [2.45, 2.75) is 39.3 Å². The van der Waals surface area contributed by atoms with E-state index in [9.17, 15) is 4.79 Å². The molecule has 1 saturated heterocycles. The highest BCUT2D eigenvalue weighted by atomic mass is 16.2. The standard InChI is InChI=1S/C17H25N3O/c1-13(2)9-19(10-14-5-7-18-8-6-14)16-11-20(12-16)17(21)15-3-4-15/h5-8,13,15-16H,3-4,9-12H2,1-2H3. The van der Waals surface area contributed by atoms with Gasteiger partial charge in [-0.1, -0.05) is 13.8 Å². The van der Waals surface area contributed by atoms with Crippen LogP contribution < -0.4 is 0 Å². The molecule has 1 aromatic rings. The monoisotopic (exact) mass is 287 g/mol. The molecule has 0 atom stereocenters. The van der Waals surface area contributed by atoms with Gasteiger partial charge in [0.1, 0.15) is 0 Å². The zero-order chi connectivity index (χ0) is 14.8. The lowest BCUT2D eigenvalue weighted by atomic mass is 10.0. The van der Waals surface area contributed by atoms with Crippen LogP contribution in [0.2, 0.25) is 0 Å². The van der Waals surface area contributed by atoms with Gasteiger partial charge in [0.05, 0.1) is 0 Å². The van der Waals surface area contributed by atoms with Gasteiger partial charge in [-0.05, 0) is 36.5 Å². The highest BCUT2D eigenvalue weighted by Gasteiger charge is 2.40. The Hall–Kier alpha value is -1.42. The van der Waals surface area contributed by atoms with Crippen LogP contribution in [0.5, 0.6) is 0 Å². The number of nitrogens with zero attached hydrogens (tertiary/aromatic N) is 3. The lowest BCUT2D eigenvalue weighted by Crippen LogP contribution is -2.61. The Labute approximate surface area is 127 Å². The van der Waals surface area contributed by atoms with Crippen LogP contribution >= 0.6 is 0 Å². The third kappa shape index (κ3) is 3.62. The minimum Gasteiger partial charge on any atom is -0.339 e. The molecule has 0 spiro atoms. The van der Waals surface area contributed by atoms with Crippen molar-refractivity contribution in [3.8, 4) is 0 Å². The number of carbonyl (C=O) groups excluding carboxylic acids is 1. The Morgan fingerprint density at radius 3 is 2.57 bits per heavy atom. The Balaban J connectivity index is 1.57. The van der Waals surface area contributed by atoms with Gasteiger partial charge in [-0.15, -0.1) is 0 Å². The number of hydrogen-bond donors (Lipinski definition) is 0. The van der Waals surface area contributed by atoms with Crippen LogP contribution in [0.1, 0.15) is 32.3 Å². The van der Waals surface area contributed by atoms with E-state index in [1.807, 2.05) is 17.3 Å². The molecule has 0 unspecified atom stereocenters. The van der Waals surface area contributed by atoms with Crippen molar-refractivity contribution in [3.63, 3.8) is 0 Å². The lowest BCUT2D eigenvalue weighted by Gasteiger charge is -2.46. The predicted molar refractivity (Wildman–Crippen MR) is 82.6 cm³/mol. The molecule has 4 nitrogen and oxygen atoms in total. The third-order valence-corrected chi connectivity index (χ3v) is 4.35. The number of pyridine rings is 1. The van der Waals surface area contributed by atoms with Gasteiger partial charge in [0, 0.05) is 50.5 Å². The van der Waals surface area contributed by atoms with Gasteiger partial charge in [-0.25, -0.2) is 0 Å². The van der Waals surface area contributed by atoms with Gasteiger partial charge >= 0.3 is 0 Å². The lowest BCUT2D eigenvalue weighted by molar-refractivity contribution is -0.140. The molecule has 1 aromatic heterocycles. The Morgan fingerprint density at radius 1 is 1.33 bits per heavy atom. The molecule has 114 valence electrons. The van der Waals surface area contributed by atoms with E-state index in [4.69, 9.17) is 0 Å². The number of carbonyl (C=O) groups is 1. The Morgan fingerprint density at radius 2 is 2.00 bits per heavy atom. The third-order valence-electron chi connectivity index (χ3n) is 4.35. The summed E-state index contributed by atoms with van der Waals surface area (Å²) < 4.78 is 0. The maximum absolute atomic E-state index is 12.0. The summed E-state index contributed by atoms with van der Waals surface area (Å²) in [6.07, 6.45) is 5.92. The molecule has 2 fully saturated rings. The second-order valence-corrected chi connectivity index (χ2v) is 6.85. The first kappa shape index (κ1) is 14.5. The van der Waals surface area contributed by atoms with E-state index in [2.05, 4.69) is 35.9 Å². The van der Waals surface area contributed by atoms with Gasteiger partial charge in [0.25, 0.3) is 0 Å². The van der Waals surface area contributed by atoms with Gasteiger partial charge < -0.3 is 4.90 Å². The largest absolute Gasteiger partial charge is 0.339 e. The minimum absolute atomic E-state index is 0.352. The first-order chi connectivity index (χ1) is 10.1. The van der Waals surface area contributed by atoms with Crippen LogP contribution in [-0.2, 0) is 11.3 Å². The van der Waals surface area contributed by atoms with Crippen molar-refractivity contribution < 1.29 is 4.79 Å². The molecule has 1 aliphatic heterocycles. The highest BCUT2D eigenvalue weighted by Crippen LogP contribution is 2.33. The van der Waals surface area contributed by atoms with E-state index < -0.39 is 0 Å². The fraction of sp³-hybridized carbons (Fsp3) is 0.647. The first-order valence-corrected chi connectivity index (χ1v) is 8.05. The smallest absolute Gasteiger partial charge is 0.225 e. The summed E-state index contributed by atoms with van der Waals surface area (Å²) >= 11 is 0. The van der Waals surface area contributed by atoms with Crippen LogP contribution in [0.4, 0.5) is 0 Å². The van der Waals surface area contributed by atoms with Crippen molar-refractivity contribution in [2.24, 2.45) is 11.8 Å². The van der Waals surface area contributed by atoms with Crippen molar-refractivity contribution in [1.29, 1.82) is 0 Å². The molecular formula is C17H25N3O. The van der Waals surface area contributed by atoms with Crippen LogP contribution in [0.3, 0.4) is 0 Å². The Bertz CT molecular complexity index is 478. The molecule has 3 rings (SSSR count). The van der Waals surface area contributed by atoms with E-state index in [1.165, 1.54) is 5.56 Å². The fourth-order valence-corrected chi connectivity index (χ4v) is 2.99. The number of hydrogen-bond acceptors (Lipinski definition) is 3. The second kappa shape index (κ2) is 6.14. The van der Waals surface area contributed by atoms with Crippen molar-refractivity contribution in [3.05, 3.63) is 30.1 Å². The molecule has 1 amide bonds. The molecule has 0 bridgehead atoms. The highest BCUT2D eigenvalue weighted by molar-refractivity contribution is 5.81. The molecule has 0 aromatic carbocycles. The zero-order valence-corrected chi connectivity index (χ0v) is 13.0. The summed E-state index contributed by atoms with van der Waals surface area (Å²) in [6.45, 7) is 8.37. The molecule has 2 heterocycles. The number of likely N-dealkylation sites (tertiary alicyclic amines) is 1. The minimum atomic E-state index is 0.352. The maximum Gasteiger partial charge on any atom is 0.225 e. The SMILES string of the molecule is CC(C)CN(Cc1ccncc1)C1CN(C(=O)C2CC2)C1. The van der Waals surface area contributed by atoms with Gasteiger partial charge in [0.2, 0.25) is 5.91 Å². The number of aromatic nitrogens is 1. The average Bonchev–Trinajstić information content (AvgIpc) is 3.21. The summed E-state index contributed by atoms with van der Waals surface area (Å²) in [6, 6.07) is 4.68. The normalized spacial score (nSPS) is 19.1. The topological polar surface area (TPSA) is 36.4 Å². The molecule has 0 radical (unpaired) electrons. The van der Waals surface area contributed by atoms with E-state index in [0.29, 0.717) is 23.8 Å². The van der Waals surface area contributed by atoms with Crippen LogP contribution in [-0.4, -0.2) is 46.4 Å². The second-order valence-electron chi connectivity index (χ2n) is 6.85. The molecule has 4 heteroatoms. The van der Waals surface area contributed by atoms with Gasteiger partial charge in [0.15, 0.2) is 0 Å². The van der Waals surface area contributed by atoms with Crippen molar-refractivity contribution in [2.75, 3.05) is 19.6 Å².